The van der Waals surface area contributed by atoms with Crippen LogP contribution in [-0.4, -0.2) is 53.1 Å². The summed E-state index contributed by atoms with van der Waals surface area (Å²) < 4.78 is 27.6. The summed E-state index contributed by atoms with van der Waals surface area (Å²) in [7, 11) is -3.69. The van der Waals surface area contributed by atoms with Crippen LogP contribution in [0.25, 0.3) is 16.3 Å². The van der Waals surface area contributed by atoms with E-state index in [1.54, 1.807) is 17.0 Å². The van der Waals surface area contributed by atoms with E-state index in [1.165, 1.54) is 39.4 Å². The predicted molar refractivity (Wildman–Crippen MR) is 116 cm³/mol. The first-order valence-electron chi connectivity index (χ1n) is 8.52. The minimum atomic E-state index is -3.69. The van der Waals surface area contributed by atoms with Gasteiger partial charge in [0.05, 0.1) is 27.6 Å². The lowest BCUT2D eigenvalue weighted by Crippen LogP contribution is -2.51. The van der Waals surface area contributed by atoms with Crippen molar-refractivity contribution >= 4 is 72.3 Å². The number of anilines is 1. The van der Waals surface area contributed by atoms with Gasteiger partial charge in [0.2, 0.25) is 15.9 Å². The van der Waals surface area contributed by atoms with Gasteiger partial charge in [0, 0.05) is 28.3 Å². The highest BCUT2D eigenvalue weighted by molar-refractivity contribution is 7.92. The first-order chi connectivity index (χ1) is 13.8. The van der Waals surface area contributed by atoms with Gasteiger partial charge in [-0.25, -0.2) is 18.4 Å². The zero-order chi connectivity index (χ0) is 20.6. The van der Waals surface area contributed by atoms with Crippen LogP contribution in [0.3, 0.4) is 0 Å². The van der Waals surface area contributed by atoms with Gasteiger partial charge in [-0.15, -0.1) is 22.7 Å². The number of nitrogens with two attached hydrogens (primary N) is 1. The van der Waals surface area contributed by atoms with Crippen LogP contribution in [0.2, 0.25) is 4.34 Å². The lowest BCUT2D eigenvalue weighted by molar-refractivity contribution is -0.134. The molecule has 0 spiro atoms. The summed E-state index contributed by atoms with van der Waals surface area (Å²) in [5, 5.41) is 1.12. The van der Waals surface area contributed by atoms with Crippen molar-refractivity contribution in [2.45, 2.75) is 6.54 Å². The van der Waals surface area contributed by atoms with Gasteiger partial charge in [0.15, 0.2) is 0 Å². The molecule has 0 bridgehead atoms. The van der Waals surface area contributed by atoms with E-state index in [2.05, 4.69) is 9.97 Å². The van der Waals surface area contributed by atoms with E-state index in [9.17, 15) is 13.2 Å². The fourth-order valence-electron chi connectivity index (χ4n) is 2.92. The lowest BCUT2D eigenvalue weighted by Gasteiger charge is -2.32. The Balaban J connectivity index is 1.42. The summed E-state index contributed by atoms with van der Waals surface area (Å²) in [6.07, 6.45) is 2.89. The summed E-state index contributed by atoms with van der Waals surface area (Å²) in [6, 6.07) is 5.32. The molecule has 12 heteroatoms. The van der Waals surface area contributed by atoms with Crippen LogP contribution in [0, 0.1) is 0 Å². The average molecular weight is 470 g/mol. The number of hydrogen-bond donors (Lipinski definition) is 1. The molecule has 0 aliphatic carbocycles. The number of carbonyl (C=O) groups is 1. The predicted octanol–water partition coefficient (Wildman–Crippen LogP) is 2.63. The Bertz CT molecular complexity index is 1200. The molecule has 1 saturated heterocycles. The maximum absolute atomic E-state index is 12.5. The van der Waals surface area contributed by atoms with Gasteiger partial charge in [0.1, 0.15) is 12.1 Å². The molecular weight excluding hydrogens is 454 g/mol. The summed E-state index contributed by atoms with van der Waals surface area (Å²) >= 11 is 8.58. The number of thiophene rings is 2. The number of nitrogens with zero attached hydrogens (tertiary/aromatic N) is 4. The molecule has 1 aliphatic heterocycles. The third-order valence-corrected chi connectivity index (χ3v) is 8.22. The van der Waals surface area contributed by atoms with E-state index >= 15 is 0 Å². The molecular formula is C17H16ClN5O3S3. The van der Waals surface area contributed by atoms with Crippen molar-refractivity contribution in [1.82, 2.24) is 19.2 Å². The van der Waals surface area contributed by atoms with Crippen molar-refractivity contribution in [3.63, 3.8) is 0 Å². The average Bonchev–Trinajstić information content (AvgIpc) is 3.28. The summed E-state index contributed by atoms with van der Waals surface area (Å²) in [5.41, 5.74) is 6.60. The van der Waals surface area contributed by atoms with E-state index < -0.39 is 10.0 Å². The van der Waals surface area contributed by atoms with Crippen molar-refractivity contribution < 1.29 is 13.2 Å². The van der Waals surface area contributed by atoms with Crippen molar-refractivity contribution in [2.75, 3.05) is 25.4 Å². The number of piperazine rings is 1. The smallest absolute Gasteiger partial charge is 0.238 e. The highest BCUT2D eigenvalue weighted by Crippen LogP contribution is 2.29. The molecule has 4 rings (SSSR count). The second-order valence-electron chi connectivity index (χ2n) is 6.32. The normalized spacial score (nSPS) is 16.3. The number of nitrogen functional groups attached to an aromatic ring is 1. The molecule has 4 heterocycles. The summed E-state index contributed by atoms with van der Waals surface area (Å²) in [6.45, 7) is 0.740. The molecule has 0 atom stereocenters. The third kappa shape index (κ3) is 4.43. The van der Waals surface area contributed by atoms with Crippen molar-refractivity contribution in [2.24, 2.45) is 0 Å². The lowest BCUT2D eigenvalue weighted by atomic mass is 10.3. The van der Waals surface area contributed by atoms with E-state index in [-0.39, 0.29) is 19.0 Å². The molecule has 3 aromatic heterocycles. The molecule has 29 heavy (non-hydrogen) atoms. The minimum absolute atomic E-state index is 0.190. The van der Waals surface area contributed by atoms with Gasteiger partial charge in [-0.2, -0.15) is 4.31 Å². The molecule has 152 valence electrons. The summed E-state index contributed by atoms with van der Waals surface area (Å²) in [5.74, 6) is 0.163. The maximum Gasteiger partial charge on any atom is 0.238 e. The molecule has 8 nitrogen and oxygen atoms in total. The molecule has 0 radical (unpaired) electrons. The Morgan fingerprint density at radius 2 is 2.07 bits per heavy atom. The van der Waals surface area contributed by atoms with Crippen LogP contribution in [0.15, 0.2) is 29.9 Å². The first kappa shape index (κ1) is 20.2. The highest BCUT2D eigenvalue weighted by Gasteiger charge is 2.30. The van der Waals surface area contributed by atoms with E-state index in [0.717, 1.165) is 25.4 Å². The number of amides is 1. The van der Waals surface area contributed by atoms with Crippen LogP contribution in [0.5, 0.6) is 0 Å². The Morgan fingerprint density at radius 1 is 1.24 bits per heavy atom. The van der Waals surface area contributed by atoms with Crippen LogP contribution >= 0.6 is 34.3 Å². The topological polar surface area (TPSA) is 109 Å². The number of fused-ring (bicyclic) bond motifs is 1. The zero-order valence-corrected chi connectivity index (χ0v) is 18.2. The Labute approximate surface area is 180 Å². The van der Waals surface area contributed by atoms with Crippen LogP contribution in [0.1, 0.15) is 9.75 Å². The molecule has 3 aromatic rings. The Kier molecular flexibility index (Phi) is 5.58. The van der Waals surface area contributed by atoms with Gasteiger partial charge in [-0.1, -0.05) is 11.6 Å². The Morgan fingerprint density at radius 3 is 2.76 bits per heavy atom. The van der Waals surface area contributed by atoms with Gasteiger partial charge >= 0.3 is 0 Å². The largest absolute Gasteiger partial charge is 0.382 e. The van der Waals surface area contributed by atoms with Crippen molar-refractivity contribution in [1.29, 1.82) is 0 Å². The maximum atomic E-state index is 12.5. The number of aromatic nitrogens is 2. The fourth-order valence-corrected chi connectivity index (χ4v) is 6.11. The Hall–Kier alpha value is -2.05. The first-order valence-corrected chi connectivity index (χ1v) is 12.0. The SMILES string of the molecule is Nc1ncnc2cc(CN3CCN(S(=O)(=O)C=Cc4ccc(Cl)s4)CC3=O)sc12. The van der Waals surface area contributed by atoms with Crippen LogP contribution < -0.4 is 5.73 Å². The van der Waals surface area contributed by atoms with Crippen molar-refractivity contribution in [3.05, 3.63) is 44.0 Å². The number of rotatable bonds is 5. The van der Waals surface area contributed by atoms with Crippen molar-refractivity contribution in [3.8, 4) is 0 Å². The zero-order valence-electron chi connectivity index (χ0n) is 15.0. The molecule has 0 aromatic carbocycles. The monoisotopic (exact) mass is 469 g/mol. The summed E-state index contributed by atoms with van der Waals surface area (Å²) in [4.78, 5) is 24.0. The van der Waals surface area contributed by atoms with Gasteiger partial charge < -0.3 is 10.6 Å². The van der Waals surface area contributed by atoms with Crippen LogP contribution in [-0.2, 0) is 21.4 Å². The van der Waals surface area contributed by atoms with E-state index in [4.69, 9.17) is 17.3 Å². The molecule has 1 fully saturated rings. The molecule has 2 N–H and O–H groups in total. The minimum Gasteiger partial charge on any atom is -0.382 e. The van der Waals surface area contributed by atoms with E-state index in [1.807, 2.05) is 6.07 Å². The highest BCUT2D eigenvalue weighted by atomic mass is 35.5. The second kappa shape index (κ2) is 8.00. The quantitative estimate of drug-likeness (QED) is 0.615. The van der Waals surface area contributed by atoms with Gasteiger partial charge in [-0.3, -0.25) is 4.79 Å². The third-order valence-electron chi connectivity index (χ3n) is 4.38. The van der Waals surface area contributed by atoms with Gasteiger partial charge in [-0.05, 0) is 24.3 Å². The molecule has 0 unspecified atom stereocenters. The van der Waals surface area contributed by atoms with Crippen LogP contribution in [0.4, 0.5) is 5.82 Å². The second-order valence-corrected chi connectivity index (χ2v) is 11.0. The number of hydrogen-bond acceptors (Lipinski definition) is 8. The molecule has 1 aliphatic rings. The van der Waals surface area contributed by atoms with E-state index in [0.29, 0.717) is 23.2 Å². The van der Waals surface area contributed by atoms with Gasteiger partial charge in [0.25, 0.3) is 0 Å². The number of sulfonamides is 1. The molecule has 1 amide bonds. The number of halogens is 1. The number of carbonyl (C=O) groups excluding carboxylic acids is 1. The standard InChI is InChI=1S/C17H16ClN5O3S3/c18-14-2-1-11(27-14)3-6-29(25,26)23-5-4-22(15(24)9-23)8-12-7-13-16(28-12)17(19)21-10-20-13/h1-3,6-7,10H,4-5,8-9H2,(H2,19,20,21). The fraction of sp³-hybridized carbons (Fsp3) is 0.235. The molecule has 0 saturated carbocycles.